The molecule has 0 spiro atoms. The van der Waals surface area contributed by atoms with Crippen molar-refractivity contribution in [1.82, 2.24) is 9.55 Å². The monoisotopic (exact) mass is 256 g/mol. The zero-order chi connectivity index (χ0) is 13.9. The Labute approximate surface area is 104 Å². The molecule has 2 N–H and O–H groups in total. The van der Waals surface area contributed by atoms with Crippen molar-refractivity contribution in [3.05, 3.63) is 15.9 Å². The molecular weight excluding hydrogens is 240 g/mol. The Morgan fingerprint density at radius 1 is 1.67 bits per heavy atom. The van der Waals surface area contributed by atoms with Crippen LogP contribution in [0.1, 0.15) is 25.6 Å². The van der Waals surface area contributed by atoms with Crippen molar-refractivity contribution < 1.29 is 14.8 Å². The van der Waals surface area contributed by atoms with Gasteiger partial charge in [0.15, 0.2) is 0 Å². The molecule has 1 unspecified atom stereocenters. The number of carboxylic acids is 1. The molecular formula is C10H16N4O4. The van der Waals surface area contributed by atoms with Crippen LogP contribution >= 0.6 is 0 Å². The average Bonchev–Trinajstić information content (AvgIpc) is 2.54. The first-order chi connectivity index (χ1) is 8.32. The van der Waals surface area contributed by atoms with Gasteiger partial charge < -0.3 is 20.5 Å². The van der Waals surface area contributed by atoms with E-state index in [4.69, 9.17) is 5.11 Å². The molecule has 1 rings (SSSR count). The summed E-state index contributed by atoms with van der Waals surface area (Å²) in [7, 11) is 1.67. The molecule has 1 atom stereocenters. The zero-order valence-electron chi connectivity index (χ0n) is 10.5. The predicted octanol–water partition coefficient (Wildman–Crippen LogP) is 1.30. The number of aliphatic carboxylic acids is 1. The van der Waals surface area contributed by atoms with Crippen molar-refractivity contribution in [1.29, 1.82) is 0 Å². The maximum Gasteiger partial charge on any atom is 0.406 e. The van der Waals surface area contributed by atoms with E-state index in [1.165, 1.54) is 0 Å². The van der Waals surface area contributed by atoms with Gasteiger partial charge in [-0.2, -0.15) is 0 Å². The molecule has 18 heavy (non-hydrogen) atoms. The van der Waals surface area contributed by atoms with Crippen LogP contribution in [0.3, 0.4) is 0 Å². The molecule has 1 aromatic rings. The molecule has 100 valence electrons. The summed E-state index contributed by atoms with van der Waals surface area (Å²) in [5.74, 6) is -0.304. The van der Waals surface area contributed by atoms with E-state index < -0.39 is 10.9 Å². The summed E-state index contributed by atoms with van der Waals surface area (Å²) in [6.45, 7) is 3.44. The number of rotatable bonds is 6. The predicted molar refractivity (Wildman–Crippen MR) is 64.6 cm³/mol. The lowest BCUT2D eigenvalue weighted by Crippen LogP contribution is -2.19. The van der Waals surface area contributed by atoms with Gasteiger partial charge in [-0.25, -0.2) is 0 Å². The second-order valence-electron chi connectivity index (χ2n) is 4.13. The topological polar surface area (TPSA) is 110 Å². The first-order valence-electron chi connectivity index (χ1n) is 5.49. The summed E-state index contributed by atoms with van der Waals surface area (Å²) in [6, 6.07) is -0.186. The van der Waals surface area contributed by atoms with Crippen LogP contribution in [0.25, 0.3) is 0 Å². The van der Waals surface area contributed by atoms with Crippen LogP contribution < -0.4 is 5.32 Å². The number of nitro groups is 1. The minimum atomic E-state index is -0.890. The average molecular weight is 256 g/mol. The van der Waals surface area contributed by atoms with Crippen molar-refractivity contribution in [3.8, 4) is 0 Å². The SMILES string of the molecule is Cc1nc([N+](=O)[O-])c(NC(C)CCC(=O)O)n1C. The summed E-state index contributed by atoms with van der Waals surface area (Å²) < 4.78 is 1.58. The van der Waals surface area contributed by atoms with Crippen LogP contribution in [0.4, 0.5) is 11.6 Å². The van der Waals surface area contributed by atoms with Crippen molar-refractivity contribution in [3.63, 3.8) is 0 Å². The smallest absolute Gasteiger partial charge is 0.406 e. The molecule has 0 aromatic carbocycles. The Morgan fingerprint density at radius 3 is 2.78 bits per heavy atom. The third-order valence-electron chi connectivity index (χ3n) is 2.65. The zero-order valence-corrected chi connectivity index (χ0v) is 10.5. The number of nitrogens with zero attached hydrogens (tertiary/aromatic N) is 3. The Bertz CT molecular complexity index is 469. The van der Waals surface area contributed by atoms with E-state index in [0.29, 0.717) is 18.1 Å². The highest BCUT2D eigenvalue weighted by Gasteiger charge is 2.24. The van der Waals surface area contributed by atoms with E-state index in [1.807, 2.05) is 0 Å². The number of aromatic nitrogens is 2. The molecule has 8 heteroatoms. The quantitative estimate of drug-likeness (QED) is 0.586. The van der Waals surface area contributed by atoms with Gasteiger partial charge >= 0.3 is 11.8 Å². The standard InChI is InChI=1S/C10H16N4O4/c1-6(4-5-8(15)16)11-9-10(14(17)18)12-7(2)13(9)3/h6,11H,4-5H2,1-3H3,(H,15,16). The third kappa shape index (κ3) is 3.19. The van der Waals surface area contributed by atoms with E-state index in [-0.39, 0.29) is 18.3 Å². The van der Waals surface area contributed by atoms with Crippen molar-refractivity contribution in [2.75, 3.05) is 5.32 Å². The first kappa shape index (κ1) is 13.9. The summed E-state index contributed by atoms with van der Waals surface area (Å²) >= 11 is 0. The lowest BCUT2D eigenvalue weighted by Gasteiger charge is -2.13. The van der Waals surface area contributed by atoms with E-state index >= 15 is 0 Å². The molecule has 0 radical (unpaired) electrons. The van der Waals surface area contributed by atoms with Gasteiger partial charge in [-0.1, -0.05) is 0 Å². The fourth-order valence-corrected chi connectivity index (χ4v) is 1.53. The Morgan fingerprint density at radius 2 is 2.28 bits per heavy atom. The summed E-state index contributed by atoms with van der Waals surface area (Å²) in [5.41, 5.74) is 0. The van der Waals surface area contributed by atoms with Crippen molar-refractivity contribution in [2.24, 2.45) is 7.05 Å². The number of aryl methyl sites for hydroxylation is 1. The third-order valence-corrected chi connectivity index (χ3v) is 2.65. The molecule has 0 aliphatic carbocycles. The summed E-state index contributed by atoms with van der Waals surface area (Å²) in [4.78, 5) is 24.6. The van der Waals surface area contributed by atoms with Gasteiger partial charge in [0.1, 0.15) is 0 Å². The van der Waals surface area contributed by atoms with Crippen LogP contribution in [0.5, 0.6) is 0 Å². The van der Waals surface area contributed by atoms with E-state index in [2.05, 4.69) is 10.3 Å². The van der Waals surface area contributed by atoms with Gasteiger partial charge in [0.25, 0.3) is 0 Å². The van der Waals surface area contributed by atoms with Gasteiger partial charge in [-0.05, 0) is 23.3 Å². The van der Waals surface area contributed by atoms with Gasteiger partial charge in [0.05, 0.1) is 0 Å². The van der Waals surface area contributed by atoms with E-state index in [1.54, 1.807) is 25.5 Å². The molecule has 0 fully saturated rings. The fourth-order valence-electron chi connectivity index (χ4n) is 1.53. The second-order valence-corrected chi connectivity index (χ2v) is 4.13. The highest BCUT2D eigenvalue weighted by Crippen LogP contribution is 2.24. The Hall–Kier alpha value is -2.12. The number of hydrogen-bond donors (Lipinski definition) is 2. The van der Waals surface area contributed by atoms with Gasteiger partial charge in [-0.15, -0.1) is 0 Å². The maximum atomic E-state index is 10.8. The molecule has 1 aromatic heterocycles. The Kier molecular flexibility index (Phi) is 4.24. The molecule has 0 aliphatic heterocycles. The molecule has 0 aliphatic rings. The summed E-state index contributed by atoms with van der Waals surface area (Å²) in [5, 5.41) is 22.3. The molecule has 0 saturated heterocycles. The fraction of sp³-hybridized carbons (Fsp3) is 0.600. The number of carbonyl (C=O) groups is 1. The largest absolute Gasteiger partial charge is 0.481 e. The Balaban J connectivity index is 2.83. The first-order valence-corrected chi connectivity index (χ1v) is 5.49. The molecule has 0 bridgehead atoms. The highest BCUT2D eigenvalue weighted by atomic mass is 16.6. The van der Waals surface area contributed by atoms with Crippen LogP contribution in [0.2, 0.25) is 0 Å². The number of imidazole rings is 1. The second kappa shape index (κ2) is 5.48. The lowest BCUT2D eigenvalue weighted by atomic mass is 10.2. The number of carboxylic acid groups (broad SMARTS) is 1. The number of anilines is 1. The minimum absolute atomic E-state index is 0.0127. The summed E-state index contributed by atoms with van der Waals surface area (Å²) in [6.07, 6.45) is 0.398. The molecule has 1 heterocycles. The van der Waals surface area contributed by atoms with E-state index in [9.17, 15) is 14.9 Å². The van der Waals surface area contributed by atoms with Gasteiger partial charge in [0.2, 0.25) is 11.6 Å². The lowest BCUT2D eigenvalue weighted by molar-refractivity contribution is -0.388. The van der Waals surface area contributed by atoms with Crippen LogP contribution in [-0.4, -0.2) is 31.6 Å². The van der Waals surface area contributed by atoms with E-state index in [0.717, 1.165) is 0 Å². The normalized spacial score (nSPS) is 12.2. The molecule has 0 amide bonds. The number of hydrogen-bond acceptors (Lipinski definition) is 5. The minimum Gasteiger partial charge on any atom is -0.481 e. The van der Waals surface area contributed by atoms with Gasteiger partial charge in [0, 0.05) is 26.4 Å². The van der Waals surface area contributed by atoms with Crippen LogP contribution in [-0.2, 0) is 11.8 Å². The highest BCUT2D eigenvalue weighted by molar-refractivity contribution is 5.66. The van der Waals surface area contributed by atoms with Crippen molar-refractivity contribution in [2.45, 2.75) is 32.7 Å². The number of nitrogens with one attached hydrogen (secondary N) is 1. The van der Waals surface area contributed by atoms with Crippen molar-refractivity contribution >= 4 is 17.6 Å². The van der Waals surface area contributed by atoms with Crippen LogP contribution in [0.15, 0.2) is 0 Å². The molecule has 8 nitrogen and oxygen atoms in total. The maximum absolute atomic E-state index is 10.8. The van der Waals surface area contributed by atoms with Crippen LogP contribution in [0, 0.1) is 17.0 Å². The van der Waals surface area contributed by atoms with Gasteiger partial charge in [-0.3, -0.25) is 9.36 Å². The molecule has 0 saturated carbocycles.